The highest BCUT2D eigenvalue weighted by Gasteiger charge is 2.14. The number of rotatable bonds is 6. The fraction of sp³-hybridized carbons (Fsp3) is 0.529. The maximum atomic E-state index is 11.9. The van der Waals surface area contributed by atoms with Gasteiger partial charge in [-0.3, -0.25) is 4.79 Å². The molecule has 1 aromatic carbocycles. The summed E-state index contributed by atoms with van der Waals surface area (Å²) in [5, 5.41) is 6.37. The number of hydrogen-bond donors (Lipinski definition) is 3. The average molecular weight is 300 g/mol. The highest BCUT2D eigenvalue weighted by Crippen LogP contribution is 2.16. The van der Waals surface area contributed by atoms with E-state index < -0.39 is 0 Å². The molecule has 0 bridgehead atoms. The number of hydrogen-bond acceptors (Lipinski definition) is 3. The van der Waals surface area contributed by atoms with Gasteiger partial charge in [0.05, 0.1) is 11.0 Å². The quantitative estimate of drug-likeness (QED) is 0.763. The topological polar surface area (TPSA) is 69.8 Å². The molecule has 3 N–H and O–H groups in total. The van der Waals surface area contributed by atoms with E-state index in [0.717, 1.165) is 54.4 Å². The molecule has 1 unspecified atom stereocenters. The van der Waals surface area contributed by atoms with Crippen LogP contribution < -0.4 is 10.6 Å². The smallest absolute Gasteiger partial charge is 0.220 e. The number of aromatic amines is 1. The average Bonchev–Trinajstić information content (AvgIpc) is 3.15. The Morgan fingerprint density at radius 2 is 2.36 bits per heavy atom. The van der Waals surface area contributed by atoms with E-state index >= 15 is 0 Å². The zero-order valence-electron chi connectivity index (χ0n) is 13.1. The van der Waals surface area contributed by atoms with E-state index in [1.165, 1.54) is 6.42 Å². The maximum absolute atomic E-state index is 11.9. The predicted molar refractivity (Wildman–Crippen MR) is 87.8 cm³/mol. The second-order valence-electron chi connectivity index (χ2n) is 6.15. The van der Waals surface area contributed by atoms with E-state index in [9.17, 15) is 4.79 Å². The van der Waals surface area contributed by atoms with Gasteiger partial charge in [-0.25, -0.2) is 4.98 Å². The molecule has 0 spiro atoms. The molecule has 2 heterocycles. The number of fused-ring (bicyclic) bond motifs is 1. The highest BCUT2D eigenvalue weighted by molar-refractivity contribution is 5.79. The summed E-state index contributed by atoms with van der Waals surface area (Å²) in [4.78, 5) is 19.8. The van der Waals surface area contributed by atoms with Gasteiger partial charge in [-0.2, -0.15) is 0 Å². The second kappa shape index (κ2) is 6.92. The Morgan fingerprint density at radius 1 is 1.45 bits per heavy atom. The van der Waals surface area contributed by atoms with Gasteiger partial charge in [0.15, 0.2) is 0 Å². The van der Waals surface area contributed by atoms with Gasteiger partial charge in [-0.15, -0.1) is 0 Å². The normalized spacial score (nSPS) is 18.0. The van der Waals surface area contributed by atoms with Crippen molar-refractivity contribution in [3.05, 3.63) is 29.6 Å². The van der Waals surface area contributed by atoms with Crippen LogP contribution in [0.25, 0.3) is 11.0 Å². The van der Waals surface area contributed by atoms with Crippen LogP contribution in [0.1, 0.15) is 30.7 Å². The lowest BCUT2D eigenvalue weighted by atomic mass is 10.1. The summed E-state index contributed by atoms with van der Waals surface area (Å²) < 4.78 is 0. The van der Waals surface area contributed by atoms with E-state index in [4.69, 9.17) is 0 Å². The fourth-order valence-corrected chi connectivity index (χ4v) is 3.04. The molecular weight excluding hydrogens is 276 g/mol. The molecule has 118 valence electrons. The largest absolute Gasteiger partial charge is 0.356 e. The number of amides is 1. The molecular formula is C17H24N4O. The molecule has 1 saturated heterocycles. The minimum absolute atomic E-state index is 0.114. The van der Waals surface area contributed by atoms with Crippen molar-refractivity contribution in [2.75, 3.05) is 19.6 Å². The molecule has 22 heavy (non-hydrogen) atoms. The molecule has 1 fully saturated rings. The van der Waals surface area contributed by atoms with Crippen molar-refractivity contribution >= 4 is 16.9 Å². The van der Waals surface area contributed by atoms with Crippen LogP contribution in [0.2, 0.25) is 0 Å². The number of carbonyl (C=O) groups excluding carboxylic acids is 1. The van der Waals surface area contributed by atoms with E-state index in [0.29, 0.717) is 12.8 Å². The zero-order valence-corrected chi connectivity index (χ0v) is 13.1. The third kappa shape index (κ3) is 3.65. The highest BCUT2D eigenvalue weighted by atomic mass is 16.1. The Bertz CT molecular complexity index is 643. The molecule has 1 aliphatic heterocycles. The van der Waals surface area contributed by atoms with Gasteiger partial charge in [0.1, 0.15) is 5.82 Å². The lowest BCUT2D eigenvalue weighted by molar-refractivity contribution is -0.121. The molecule has 0 saturated carbocycles. The van der Waals surface area contributed by atoms with Gasteiger partial charge in [0.2, 0.25) is 5.91 Å². The molecule has 1 atom stereocenters. The van der Waals surface area contributed by atoms with E-state index in [2.05, 4.69) is 33.6 Å². The van der Waals surface area contributed by atoms with Gasteiger partial charge in [0.25, 0.3) is 0 Å². The van der Waals surface area contributed by atoms with E-state index in [-0.39, 0.29) is 5.91 Å². The Morgan fingerprint density at radius 3 is 3.14 bits per heavy atom. The van der Waals surface area contributed by atoms with E-state index in [1.807, 2.05) is 12.1 Å². The minimum atomic E-state index is 0.114. The number of nitrogens with zero attached hydrogens (tertiary/aromatic N) is 1. The van der Waals surface area contributed by atoms with Crippen LogP contribution in [0.15, 0.2) is 18.2 Å². The summed E-state index contributed by atoms with van der Waals surface area (Å²) in [7, 11) is 0. The predicted octanol–water partition coefficient (Wildman–Crippen LogP) is 1.92. The summed E-state index contributed by atoms with van der Waals surface area (Å²) in [6.07, 6.45) is 3.45. The SMILES string of the molecule is Cc1cccc2[nH]c(CCC(=O)NCCC3CCNC3)nc12. The number of aromatic nitrogens is 2. The molecule has 5 nitrogen and oxygen atoms in total. The number of H-pyrrole nitrogens is 1. The first-order valence-corrected chi connectivity index (χ1v) is 8.14. The Labute approximate surface area is 130 Å². The Kier molecular flexibility index (Phi) is 4.73. The molecule has 3 rings (SSSR count). The lowest BCUT2D eigenvalue weighted by Crippen LogP contribution is -2.26. The fourth-order valence-electron chi connectivity index (χ4n) is 3.04. The standard InChI is InChI=1S/C17H24N4O/c1-12-3-2-4-14-17(12)21-15(20-14)5-6-16(22)19-10-8-13-7-9-18-11-13/h2-4,13,18H,5-11H2,1H3,(H,19,22)(H,20,21). The number of imidazole rings is 1. The molecule has 1 amide bonds. The first-order chi connectivity index (χ1) is 10.7. The van der Waals surface area contributed by atoms with Crippen LogP contribution in [0.4, 0.5) is 0 Å². The molecule has 1 aliphatic rings. The first kappa shape index (κ1) is 15.0. The van der Waals surface area contributed by atoms with Gasteiger partial charge >= 0.3 is 0 Å². The molecule has 0 aliphatic carbocycles. The van der Waals surface area contributed by atoms with E-state index in [1.54, 1.807) is 0 Å². The summed E-state index contributed by atoms with van der Waals surface area (Å²) in [6.45, 7) is 5.04. The van der Waals surface area contributed by atoms with Crippen molar-refractivity contribution in [2.45, 2.75) is 32.6 Å². The molecule has 0 radical (unpaired) electrons. The van der Waals surface area contributed by atoms with Crippen molar-refractivity contribution in [3.8, 4) is 0 Å². The lowest BCUT2D eigenvalue weighted by Gasteiger charge is -2.08. The summed E-state index contributed by atoms with van der Waals surface area (Å²) in [5.41, 5.74) is 3.21. The van der Waals surface area contributed by atoms with Crippen LogP contribution in [0.3, 0.4) is 0 Å². The van der Waals surface area contributed by atoms with Crippen LogP contribution in [-0.2, 0) is 11.2 Å². The van der Waals surface area contributed by atoms with Gasteiger partial charge in [-0.1, -0.05) is 12.1 Å². The number of nitrogens with one attached hydrogen (secondary N) is 3. The van der Waals surface area contributed by atoms with Crippen molar-refractivity contribution in [1.82, 2.24) is 20.6 Å². The summed E-state index contributed by atoms with van der Waals surface area (Å²) >= 11 is 0. The van der Waals surface area contributed by atoms with Crippen LogP contribution in [-0.4, -0.2) is 35.5 Å². The van der Waals surface area contributed by atoms with Crippen LogP contribution in [0, 0.1) is 12.8 Å². The van der Waals surface area contributed by atoms with Gasteiger partial charge < -0.3 is 15.6 Å². The van der Waals surface area contributed by atoms with Crippen molar-refractivity contribution in [3.63, 3.8) is 0 Å². The van der Waals surface area contributed by atoms with Crippen LogP contribution in [0.5, 0.6) is 0 Å². The third-order valence-electron chi connectivity index (χ3n) is 4.39. The summed E-state index contributed by atoms with van der Waals surface area (Å²) in [6, 6.07) is 6.09. The Hall–Kier alpha value is -1.88. The third-order valence-corrected chi connectivity index (χ3v) is 4.39. The van der Waals surface area contributed by atoms with Crippen molar-refractivity contribution < 1.29 is 4.79 Å². The molecule has 5 heteroatoms. The van der Waals surface area contributed by atoms with Crippen molar-refractivity contribution in [1.29, 1.82) is 0 Å². The van der Waals surface area contributed by atoms with Gasteiger partial charge in [-0.05, 0) is 50.4 Å². The van der Waals surface area contributed by atoms with Crippen LogP contribution >= 0.6 is 0 Å². The summed E-state index contributed by atoms with van der Waals surface area (Å²) in [5.74, 6) is 1.72. The minimum Gasteiger partial charge on any atom is -0.356 e. The molecule has 1 aromatic heterocycles. The molecule has 2 aromatic rings. The first-order valence-electron chi connectivity index (χ1n) is 8.14. The number of benzene rings is 1. The Balaban J connectivity index is 1.44. The maximum Gasteiger partial charge on any atom is 0.220 e. The van der Waals surface area contributed by atoms with Crippen molar-refractivity contribution in [2.24, 2.45) is 5.92 Å². The zero-order chi connectivity index (χ0) is 15.4. The number of carbonyl (C=O) groups is 1. The number of para-hydroxylation sites is 1. The second-order valence-corrected chi connectivity index (χ2v) is 6.15. The number of aryl methyl sites for hydroxylation is 2. The monoisotopic (exact) mass is 300 g/mol. The van der Waals surface area contributed by atoms with Gasteiger partial charge in [0, 0.05) is 19.4 Å².